The van der Waals surface area contributed by atoms with Crippen LogP contribution in [-0.4, -0.2) is 35.3 Å². The molecule has 17 heavy (non-hydrogen) atoms. The molecule has 94 valence electrons. The van der Waals surface area contributed by atoms with Gasteiger partial charge in [0.05, 0.1) is 12.2 Å². The highest BCUT2D eigenvalue weighted by Crippen LogP contribution is 2.21. The first-order valence-electron chi connectivity index (χ1n) is 5.53. The highest BCUT2D eigenvalue weighted by molar-refractivity contribution is 7.99. The molecule has 0 radical (unpaired) electrons. The van der Waals surface area contributed by atoms with Crippen molar-refractivity contribution in [2.75, 3.05) is 24.4 Å². The zero-order chi connectivity index (χ0) is 12.5. The van der Waals surface area contributed by atoms with E-state index in [4.69, 9.17) is 4.74 Å². The number of nitrogens with zero attached hydrogens (tertiary/aromatic N) is 1. The Bertz CT molecular complexity index is 358. The SMILES string of the molecule is CCOC(=O)c1cccnc1SCCCSC. The van der Waals surface area contributed by atoms with Gasteiger partial charge in [0.15, 0.2) is 0 Å². The Hall–Kier alpha value is -0.680. The molecule has 1 aromatic rings. The molecule has 0 atom stereocenters. The monoisotopic (exact) mass is 271 g/mol. The minimum absolute atomic E-state index is 0.284. The minimum atomic E-state index is -0.284. The molecule has 0 aromatic carbocycles. The lowest BCUT2D eigenvalue weighted by molar-refractivity contribution is 0.0521. The second kappa shape index (κ2) is 8.42. The maximum atomic E-state index is 11.7. The van der Waals surface area contributed by atoms with Gasteiger partial charge in [-0.3, -0.25) is 0 Å². The largest absolute Gasteiger partial charge is 0.462 e. The lowest BCUT2D eigenvalue weighted by Gasteiger charge is -2.06. The van der Waals surface area contributed by atoms with Gasteiger partial charge in [0.25, 0.3) is 0 Å². The highest BCUT2D eigenvalue weighted by Gasteiger charge is 2.12. The molecule has 0 aliphatic carbocycles. The van der Waals surface area contributed by atoms with Crippen molar-refractivity contribution in [3.05, 3.63) is 23.9 Å². The third kappa shape index (κ3) is 5.00. The van der Waals surface area contributed by atoms with Crippen molar-refractivity contribution in [2.24, 2.45) is 0 Å². The van der Waals surface area contributed by atoms with E-state index in [-0.39, 0.29) is 5.97 Å². The summed E-state index contributed by atoms with van der Waals surface area (Å²) in [5, 5.41) is 0.770. The molecule has 0 fully saturated rings. The number of esters is 1. The van der Waals surface area contributed by atoms with Crippen molar-refractivity contribution in [3.8, 4) is 0 Å². The highest BCUT2D eigenvalue weighted by atomic mass is 32.2. The molecular formula is C12H17NO2S2. The van der Waals surface area contributed by atoms with Gasteiger partial charge >= 0.3 is 5.97 Å². The first kappa shape index (κ1) is 14.4. The van der Waals surface area contributed by atoms with Gasteiger partial charge in [-0.15, -0.1) is 11.8 Å². The summed E-state index contributed by atoms with van der Waals surface area (Å²) in [6.45, 7) is 2.20. The maximum Gasteiger partial charge on any atom is 0.340 e. The Morgan fingerprint density at radius 3 is 3.00 bits per heavy atom. The summed E-state index contributed by atoms with van der Waals surface area (Å²) in [5.74, 6) is 1.83. The van der Waals surface area contributed by atoms with E-state index in [2.05, 4.69) is 11.2 Å². The Kier molecular flexibility index (Phi) is 7.12. The summed E-state index contributed by atoms with van der Waals surface area (Å²) in [6, 6.07) is 3.53. The van der Waals surface area contributed by atoms with Crippen LogP contribution in [0.4, 0.5) is 0 Å². The minimum Gasteiger partial charge on any atom is -0.462 e. The zero-order valence-corrected chi connectivity index (χ0v) is 11.8. The number of thioether (sulfide) groups is 2. The maximum absolute atomic E-state index is 11.7. The van der Waals surface area contributed by atoms with E-state index in [1.165, 1.54) is 0 Å². The number of rotatable bonds is 7. The second-order valence-electron chi connectivity index (χ2n) is 3.27. The van der Waals surface area contributed by atoms with Crippen LogP contribution in [0.2, 0.25) is 0 Å². The average Bonchev–Trinajstić information content (AvgIpc) is 2.35. The molecular weight excluding hydrogens is 254 g/mol. The molecule has 1 heterocycles. The lowest BCUT2D eigenvalue weighted by Crippen LogP contribution is -2.07. The fourth-order valence-electron chi connectivity index (χ4n) is 1.24. The number of hydrogen-bond donors (Lipinski definition) is 0. The molecule has 0 amide bonds. The number of hydrogen-bond acceptors (Lipinski definition) is 5. The Labute approximate surface area is 111 Å². The van der Waals surface area contributed by atoms with Crippen LogP contribution < -0.4 is 0 Å². The Morgan fingerprint density at radius 2 is 2.29 bits per heavy atom. The summed E-state index contributed by atoms with van der Waals surface area (Å²) < 4.78 is 5.00. The normalized spacial score (nSPS) is 10.2. The third-order valence-electron chi connectivity index (χ3n) is 2.00. The average molecular weight is 271 g/mol. The number of aromatic nitrogens is 1. The van der Waals surface area contributed by atoms with Gasteiger partial charge in [0, 0.05) is 11.9 Å². The summed E-state index contributed by atoms with van der Waals surface area (Å²) in [7, 11) is 0. The predicted molar refractivity (Wildman–Crippen MR) is 73.9 cm³/mol. The molecule has 0 saturated carbocycles. The molecule has 0 saturated heterocycles. The van der Waals surface area contributed by atoms with Crippen molar-refractivity contribution in [3.63, 3.8) is 0 Å². The molecule has 0 bridgehead atoms. The first-order valence-corrected chi connectivity index (χ1v) is 7.91. The molecule has 0 aliphatic heterocycles. The smallest absolute Gasteiger partial charge is 0.340 e. The molecule has 0 unspecified atom stereocenters. The van der Waals surface area contributed by atoms with Gasteiger partial charge in [0.2, 0.25) is 0 Å². The van der Waals surface area contributed by atoms with E-state index in [0.29, 0.717) is 12.2 Å². The Balaban J connectivity index is 2.61. The van der Waals surface area contributed by atoms with Crippen LogP contribution in [-0.2, 0) is 4.74 Å². The fourth-order valence-corrected chi connectivity index (χ4v) is 2.78. The third-order valence-corrected chi connectivity index (χ3v) is 3.79. The van der Waals surface area contributed by atoms with E-state index in [0.717, 1.165) is 23.0 Å². The van der Waals surface area contributed by atoms with Crippen LogP contribution in [0, 0.1) is 0 Å². The van der Waals surface area contributed by atoms with E-state index < -0.39 is 0 Å². The summed E-state index contributed by atoms with van der Waals surface area (Å²) in [4.78, 5) is 15.9. The van der Waals surface area contributed by atoms with Crippen LogP contribution in [0.1, 0.15) is 23.7 Å². The van der Waals surface area contributed by atoms with E-state index in [1.807, 2.05) is 11.8 Å². The molecule has 5 heteroatoms. The van der Waals surface area contributed by atoms with Gasteiger partial charge < -0.3 is 4.74 Å². The van der Waals surface area contributed by atoms with Crippen molar-refractivity contribution < 1.29 is 9.53 Å². The lowest BCUT2D eigenvalue weighted by atomic mass is 10.3. The fraction of sp³-hybridized carbons (Fsp3) is 0.500. The molecule has 1 aromatic heterocycles. The zero-order valence-electron chi connectivity index (χ0n) is 10.1. The molecule has 3 nitrogen and oxygen atoms in total. The summed E-state index contributed by atoms with van der Waals surface area (Å²) in [5.41, 5.74) is 0.573. The van der Waals surface area contributed by atoms with Gasteiger partial charge in [-0.2, -0.15) is 11.8 Å². The number of carbonyl (C=O) groups is 1. The Morgan fingerprint density at radius 1 is 1.47 bits per heavy atom. The van der Waals surface area contributed by atoms with E-state index in [9.17, 15) is 4.79 Å². The van der Waals surface area contributed by atoms with E-state index >= 15 is 0 Å². The number of pyridine rings is 1. The van der Waals surface area contributed by atoms with Gasteiger partial charge in [-0.1, -0.05) is 0 Å². The number of ether oxygens (including phenoxy) is 1. The van der Waals surface area contributed by atoms with Crippen molar-refractivity contribution in [1.82, 2.24) is 4.98 Å². The summed E-state index contributed by atoms with van der Waals surface area (Å²) in [6.07, 6.45) is 4.92. The van der Waals surface area contributed by atoms with Crippen molar-refractivity contribution >= 4 is 29.5 Å². The summed E-state index contributed by atoms with van der Waals surface area (Å²) >= 11 is 3.45. The quantitative estimate of drug-likeness (QED) is 0.433. The first-order chi connectivity index (χ1) is 8.29. The van der Waals surface area contributed by atoms with Gasteiger partial charge in [0.1, 0.15) is 5.03 Å². The van der Waals surface area contributed by atoms with Gasteiger partial charge in [-0.05, 0) is 37.5 Å². The van der Waals surface area contributed by atoms with Crippen LogP contribution in [0.3, 0.4) is 0 Å². The number of carbonyl (C=O) groups excluding carboxylic acids is 1. The van der Waals surface area contributed by atoms with Crippen LogP contribution in [0.15, 0.2) is 23.4 Å². The molecule has 0 N–H and O–H groups in total. The van der Waals surface area contributed by atoms with Crippen LogP contribution in [0.25, 0.3) is 0 Å². The van der Waals surface area contributed by atoms with Crippen molar-refractivity contribution in [2.45, 2.75) is 18.4 Å². The topological polar surface area (TPSA) is 39.2 Å². The predicted octanol–water partition coefficient (Wildman–Crippen LogP) is 3.10. The van der Waals surface area contributed by atoms with Crippen LogP contribution in [0.5, 0.6) is 0 Å². The molecule has 0 aliphatic rings. The van der Waals surface area contributed by atoms with E-state index in [1.54, 1.807) is 37.0 Å². The second-order valence-corrected chi connectivity index (χ2v) is 5.34. The van der Waals surface area contributed by atoms with Crippen LogP contribution >= 0.6 is 23.5 Å². The van der Waals surface area contributed by atoms with Crippen molar-refractivity contribution in [1.29, 1.82) is 0 Å². The standard InChI is InChI=1S/C12H17NO2S2/c1-3-15-12(14)10-6-4-7-13-11(10)17-9-5-8-16-2/h4,6-7H,3,5,8-9H2,1-2H3. The molecule has 1 rings (SSSR count). The van der Waals surface area contributed by atoms with Gasteiger partial charge in [-0.25, -0.2) is 9.78 Å². The molecule has 0 spiro atoms.